The zero-order valence-electron chi connectivity index (χ0n) is 14.5. The van der Waals surface area contributed by atoms with Crippen LogP contribution in [0.4, 0.5) is 4.39 Å². The zero-order valence-corrected chi connectivity index (χ0v) is 17.7. The molecule has 146 valence electrons. The van der Waals surface area contributed by atoms with Crippen LogP contribution >= 0.6 is 27.3 Å². The fourth-order valence-electron chi connectivity index (χ4n) is 3.05. The van der Waals surface area contributed by atoms with E-state index < -0.39 is 10.0 Å². The third-order valence-electron chi connectivity index (χ3n) is 4.59. The second kappa shape index (κ2) is 8.81. The normalized spacial score (nSPS) is 16.4. The minimum absolute atomic E-state index is 0.0668. The van der Waals surface area contributed by atoms with Crippen molar-refractivity contribution in [3.63, 3.8) is 0 Å². The lowest BCUT2D eigenvalue weighted by Gasteiger charge is -2.30. The van der Waals surface area contributed by atoms with Crippen LogP contribution in [0.5, 0.6) is 0 Å². The van der Waals surface area contributed by atoms with Crippen molar-refractivity contribution in [2.75, 3.05) is 13.1 Å². The summed E-state index contributed by atoms with van der Waals surface area (Å²) in [5.74, 6) is -0.204. The van der Waals surface area contributed by atoms with Crippen LogP contribution in [0.2, 0.25) is 0 Å². The van der Waals surface area contributed by atoms with Crippen molar-refractivity contribution in [2.24, 2.45) is 5.92 Å². The van der Waals surface area contributed by atoms with Crippen LogP contribution in [-0.4, -0.2) is 31.7 Å². The van der Waals surface area contributed by atoms with E-state index in [1.165, 1.54) is 27.8 Å². The van der Waals surface area contributed by atoms with Crippen LogP contribution < -0.4 is 5.32 Å². The van der Waals surface area contributed by atoms with Gasteiger partial charge in [-0.1, -0.05) is 12.1 Å². The number of halogens is 2. The highest BCUT2D eigenvalue weighted by molar-refractivity contribution is 9.11. The molecule has 0 aliphatic carbocycles. The van der Waals surface area contributed by atoms with Gasteiger partial charge >= 0.3 is 0 Å². The Balaban J connectivity index is 1.46. The number of carbonyl (C=O) groups excluding carboxylic acids is 1. The molecule has 2 heterocycles. The average molecular weight is 475 g/mol. The van der Waals surface area contributed by atoms with Gasteiger partial charge in [0.25, 0.3) is 10.0 Å². The van der Waals surface area contributed by atoms with Crippen molar-refractivity contribution in [3.05, 3.63) is 51.6 Å². The molecule has 1 N–H and O–H groups in total. The maximum absolute atomic E-state index is 12.9. The molecular weight excluding hydrogens is 455 g/mol. The summed E-state index contributed by atoms with van der Waals surface area (Å²) >= 11 is 4.50. The van der Waals surface area contributed by atoms with Gasteiger partial charge in [-0.2, -0.15) is 4.31 Å². The summed E-state index contributed by atoms with van der Waals surface area (Å²) in [5.41, 5.74) is 0.841. The molecule has 1 amide bonds. The predicted molar refractivity (Wildman–Crippen MR) is 106 cm³/mol. The van der Waals surface area contributed by atoms with Crippen molar-refractivity contribution in [3.8, 4) is 0 Å². The van der Waals surface area contributed by atoms with E-state index in [4.69, 9.17) is 0 Å². The highest BCUT2D eigenvalue weighted by Crippen LogP contribution is 2.31. The molecule has 1 aromatic carbocycles. The molecule has 0 radical (unpaired) electrons. The minimum Gasteiger partial charge on any atom is -0.352 e. The molecule has 1 aromatic heterocycles. The van der Waals surface area contributed by atoms with Gasteiger partial charge in [-0.25, -0.2) is 12.8 Å². The minimum atomic E-state index is -3.45. The first-order chi connectivity index (χ1) is 12.8. The molecule has 1 saturated heterocycles. The Morgan fingerprint density at radius 2 is 1.85 bits per heavy atom. The predicted octanol–water partition coefficient (Wildman–Crippen LogP) is 3.76. The summed E-state index contributed by atoms with van der Waals surface area (Å²) in [6.45, 7) is 1.21. The Morgan fingerprint density at radius 1 is 1.19 bits per heavy atom. The number of sulfonamides is 1. The number of hydrogen-bond acceptors (Lipinski definition) is 4. The Bertz CT molecular complexity index is 892. The average Bonchev–Trinajstić information content (AvgIpc) is 3.09. The molecular formula is C18H20BrFN2O3S2. The lowest BCUT2D eigenvalue weighted by molar-refractivity contribution is -0.122. The second-order valence-corrected chi connectivity index (χ2v) is 11.1. The number of benzene rings is 1. The van der Waals surface area contributed by atoms with Gasteiger partial charge in [0.15, 0.2) is 0 Å². The van der Waals surface area contributed by atoms with Crippen molar-refractivity contribution in [1.82, 2.24) is 9.62 Å². The van der Waals surface area contributed by atoms with E-state index in [1.54, 1.807) is 24.3 Å². The van der Waals surface area contributed by atoms with E-state index >= 15 is 0 Å². The van der Waals surface area contributed by atoms with E-state index in [0.29, 0.717) is 43.1 Å². The van der Waals surface area contributed by atoms with Crippen LogP contribution in [-0.2, 0) is 21.4 Å². The van der Waals surface area contributed by atoms with Gasteiger partial charge in [0.05, 0.1) is 3.79 Å². The van der Waals surface area contributed by atoms with Gasteiger partial charge in [-0.3, -0.25) is 4.79 Å². The van der Waals surface area contributed by atoms with Crippen molar-refractivity contribution in [1.29, 1.82) is 0 Å². The zero-order chi connectivity index (χ0) is 19.4. The van der Waals surface area contributed by atoms with Gasteiger partial charge in [0.1, 0.15) is 10.0 Å². The van der Waals surface area contributed by atoms with Gasteiger partial charge in [-0.15, -0.1) is 11.3 Å². The number of piperidine rings is 1. The molecule has 0 bridgehead atoms. The summed E-state index contributed by atoms with van der Waals surface area (Å²) in [7, 11) is -3.45. The van der Waals surface area contributed by atoms with Crippen LogP contribution in [0.15, 0.2) is 44.4 Å². The Morgan fingerprint density at radius 3 is 2.44 bits per heavy atom. The van der Waals surface area contributed by atoms with E-state index in [2.05, 4.69) is 21.2 Å². The molecule has 0 unspecified atom stereocenters. The smallest absolute Gasteiger partial charge is 0.252 e. The fourth-order valence-corrected chi connectivity index (χ4v) is 6.69. The summed E-state index contributed by atoms with van der Waals surface area (Å²) in [6.07, 6.45) is 1.70. The summed E-state index contributed by atoms with van der Waals surface area (Å²) < 4.78 is 40.8. The van der Waals surface area contributed by atoms with E-state index in [-0.39, 0.29) is 17.6 Å². The highest BCUT2D eigenvalue weighted by atomic mass is 79.9. The Hall–Kier alpha value is -1.29. The molecule has 1 aliphatic heterocycles. The van der Waals surface area contributed by atoms with Gasteiger partial charge in [0, 0.05) is 26.1 Å². The molecule has 0 atom stereocenters. The van der Waals surface area contributed by atoms with Gasteiger partial charge in [-0.05, 0) is 64.5 Å². The molecule has 3 rings (SSSR count). The molecule has 1 fully saturated rings. The molecule has 9 heteroatoms. The number of rotatable bonds is 6. The number of thiophene rings is 1. The molecule has 2 aromatic rings. The first-order valence-corrected chi connectivity index (χ1v) is 11.7. The Kier molecular flexibility index (Phi) is 6.67. The van der Waals surface area contributed by atoms with Crippen LogP contribution in [0.25, 0.3) is 0 Å². The van der Waals surface area contributed by atoms with Crippen molar-refractivity contribution < 1.29 is 17.6 Å². The summed E-state index contributed by atoms with van der Waals surface area (Å²) in [6, 6.07) is 9.35. The van der Waals surface area contributed by atoms with Crippen molar-refractivity contribution in [2.45, 2.75) is 30.0 Å². The molecule has 0 saturated carbocycles. The number of amides is 1. The maximum Gasteiger partial charge on any atom is 0.252 e. The lowest BCUT2D eigenvalue weighted by atomic mass is 9.94. The van der Waals surface area contributed by atoms with E-state index in [1.807, 2.05) is 0 Å². The third kappa shape index (κ3) is 5.37. The molecule has 5 nitrogen and oxygen atoms in total. The standard InChI is InChI=1S/C18H20BrFN2O3S2/c19-16-5-6-18(26-16)27(24,25)22-9-7-13(8-10-22)11-17(23)21-12-14-1-3-15(20)4-2-14/h1-6,13H,7-12H2,(H,21,23). The Labute approximate surface area is 170 Å². The topological polar surface area (TPSA) is 66.5 Å². The largest absolute Gasteiger partial charge is 0.352 e. The van der Waals surface area contributed by atoms with E-state index in [9.17, 15) is 17.6 Å². The molecule has 1 aliphatic rings. The summed E-state index contributed by atoms with van der Waals surface area (Å²) in [5, 5.41) is 2.84. The van der Waals surface area contributed by atoms with Crippen LogP contribution in [0.3, 0.4) is 0 Å². The second-order valence-electron chi connectivity index (χ2n) is 6.51. The highest BCUT2D eigenvalue weighted by Gasteiger charge is 2.31. The monoisotopic (exact) mass is 474 g/mol. The van der Waals surface area contributed by atoms with Crippen LogP contribution in [0, 0.1) is 11.7 Å². The van der Waals surface area contributed by atoms with Crippen LogP contribution in [0.1, 0.15) is 24.8 Å². The van der Waals surface area contributed by atoms with Gasteiger partial charge in [0.2, 0.25) is 5.91 Å². The number of hydrogen-bond donors (Lipinski definition) is 1. The first-order valence-electron chi connectivity index (χ1n) is 8.61. The van der Waals surface area contributed by atoms with Gasteiger partial charge < -0.3 is 5.32 Å². The fraction of sp³-hybridized carbons (Fsp3) is 0.389. The molecule has 0 spiro atoms. The quantitative estimate of drug-likeness (QED) is 0.692. The number of carbonyl (C=O) groups is 1. The third-order valence-corrected chi connectivity index (χ3v) is 8.58. The maximum atomic E-state index is 12.9. The SMILES string of the molecule is O=C(CC1CCN(S(=O)(=O)c2ccc(Br)s2)CC1)NCc1ccc(F)cc1. The molecule has 27 heavy (non-hydrogen) atoms. The number of nitrogens with zero attached hydrogens (tertiary/aromatic N) is 1. The number of nitrogens with one attached hydrogen (secondary N) is 1. The lowest BCUT2D eigenvalue weighted by Crippen LogP contribution is -2.39. The van der Waals surface area contributed by atoms with E-state index in [0.717, 1.165) is 9.35 Å². The summed E-state index contributed by atoms with van der Waals surface area (Å²) in [4.78, 5) is 12.1. The first kappa shape index (κ1) is 20.4. The van der Waals surface area contributed by atoms with Crippen molar-refractivity contribution >= 4 is 43.2 Å².